The Kier molecular flexibility index (Phi) is 7.45. The Hall–Kier alpha value is -3.21. The zero-order valence-corrected chi connectivity index (χ0v) is 21.8. The number of carbonyl (C=O) groups is 1. The van der Waals surface area contributed by atoms with E-state index in [0.717, 1.165) is 12.6 Å². The molecule has 3 N–H and O–H groups in total. The van der Waals surface area contributed by atoms with Crippen molar-refractivity contribution in [3.63, 3.8) is 0 Å². The smallest absolute Gasteiger partial charge is 0.343 e. The van der Waals surface area contributed by atoms with E-state index in [4.69, 9.17) is 22.1 Å². The van der Waals surface area contributed by atoms with Crippen molar-refractivity contribution in [3.8, 4) is 5.69 Å². The number of benzene rings is 2. The number of ether oxygens (including phenoxy) is 1. The third-order valence-electron chi connectivity index (χ3n) is 6.56. The van der Waals surface area contributed by atoms with Gasteiger partial charge in [-0.15, -0.1) is 0 Å². The minimum Gasteiger partial charge on any atom is -0.462 e. The zero-order valence-electron chi connectivity index (χ0n) is 21.1. The molecule has 0 amide bonds. The normalized spacial score (nSPS) is 13.9. The van der Waals surface area contributed by atoms with E-state index in [-0.39, 0.29) is 56.3 Å². The molecule has 8 nitrogen and oxygen atoms in total. The van der Waals surface area contributed by atoms with Crippen LogP contribution in [0.25, 0.3) is 16.6 Å². The molecule has 0 atom stereocenters. The summed E-state index contributed by atoms with van der Waals surface area (Å²) in [6.07, 6.45) is 1.21. The summed E-state index contributed by atoms with van der Waals surface area (Å²) in [7, 11) is 3.92. The summed E-state index contributed by atoms with van der Waals surface area (Å²) in [5, 5.41) is 9.81. The van der Waals surface area contributed by atoms with Gasteiger partial charge in [0, 0.05) is 42.9 Å². The Labute approximate surface area is 217 Å². The van der Waals surface area contributed by atoms with E-state index in [1.54, 1.807) is 11.8 Å². The van der Waals surface area contributed by atoms with Gasteiger partial charge in [-0.2, -0.15) is 0 Å². The van der Waals surface area contributed by atoms with Gasteiger partial charge in [0.05, 0.1) is 46.2 Å². The van der Waals surface area contributed by atoms with Crippen molar-refractivity contribution in [1.82, 2.24) is 9.47 Å². The highest BCUT2D eigenvalue weighted by Crippen LogP contribution is 2.42. The van der Waals surface area contributed by atoms with Crippen LogP contribution in [0.3, 0.4) is 0 Å². The molecular weight excluding hydrogens is 506 g/mol. The van der Waals surface area contributed by atoms with Crippen LogP contribution in [0.15, 0.2) is 23.1 Å². The van der Waals surface area contributed by atoms with Crippen LogP contribution in [0.2, 0.25) is 5.02 Å². The van der Waals surface area contributed by atoms with Crippen molar-refractivity contribution in [2.75, 3.05) is 51.0 Å². The van der Waals surface area contributed by atoms with E-state index in [1.165, 1.54) is 23.8 Å². The number of aliphatic hydroxyl groups is 1. The molecule has 0 unspecified atom stereocenters. The van der Waals surface area contributed by atoms with E-state index in [2.05, 4.69) is 4.90 Å². The van der Waals surface area contributed by atoms with Crippen LogP contribution in [0, 0.1) is 24.5 Å². The lowest BCUT2D eigenvalue weighted by molar-refractivity contribution is 0.0524. The molecule has 1 fully saturated rings. The topological polar surface area (TPSA) is 101 Å². The fraction of sp³-hybridized carbons (Fsp3) is 0.385. The van der Waals surface area contributed by atoms with Crippen molar-refractivity contribution >= 4 is 39.8 Å². The van der Waals surface area contributed by atoms with E-state index in [9.17, 15) is 19.1 Å². The largest absolute Gasteiger partial charge is 0.462 e. The number of hydrogen-bond donors (Lipinski definition) is 2. The third kappa shape index (κ3) is 4.65. The summed E-state index contributed by atoms with van der Waals surface area (Å²) in [5.74, 6) is -2.00. The van der Waals surface area contributed by atoms with Gasteiger partial charge in [-0.1, -0.05) is 11.6 Å². The molecule has 0 radical (unpaired) electrons. The molecular formula is C26H29ClF2N4O4. The first kappa shape index (κ1) is 26.8. The number of aryl methyl sites for hydroxylation is 1. The van der Waals surface area contributed by atoms with Crippen molar-refractivity contribution in [1.29, 1.82) is 0 Å². The van der Waals surface area contributed by atoms with Gasteiger partial charge in [0.15, 0.2) is 5.82 Å². The number of rotatable bonds is 7. The van der Waals surface area contributed by atoms with Crippen molar-refractivity contribution in [3.05, 3.63) is 61.9 Å². The highest BCUT2D eigenvalue weighted by molar-refractivity contribution is 6.38. The van der Waals surface area contributed by atoms with Crippen LogP contribution in [-0.4, -0.2) is 60.9 Å². The standard InChI is InChI=1S/C26H29ClF2N4O4/c1-5-37-26(36)16-11-33(19-7-18(30)17(28)6-15(19)12-34)23-20(25(16)35)13(2)22(29)24(21(23)27)32-9-14(10-32)8-31(3)4/h6-7,11,14,34H,5,8-10,12,30H2,1-4H3. The molecule has 2 aromatic carbocycles. The van der Waals surface area contributed by atoms with Crippen molar-refractivity contribution in [2.45, 2.75) is 20.5 Å². The molecule has 0 aliphatic carbocycles. The number of hydrogen-bond acceptors (Lipinski definition) is 7. The Morgan fingerprint density at radius 3 is 2.57 bits per heavy atom. The predicted octanol–water partition coefficient (Wildman–Crippen LogP) is 3.48. The van der Waals surface area contributed by atoms with Gasteiger partial charge in [-0.05, 0) is 40.1 Å². The average Bonchev–Trinajstić information content (AvgIpc) is 2.82. The van der Waals surface area contributed by atoms with Crippen LogP contribution in [0.1, 0.15) is 28.4 Å². The molecule has 1 aliphatic heterocycles. The molecule has 0 bridgehead atoms. The monoisotopic (exact) mass is 534 g/mol. The predicted molar refractivity (Wildman–Crippen MR) is 140 cm³/mol. The van der Waals surface area contributed by atoms with Gasteiger partial charge in [0.1, 0.15) is 11.4 Å². The molecule has 1 saturated heterocycles. The second-order valence-electron chi connectivity index (χ2n) is 9.48. The SMILES string of the molecule is CCOC(=O)c1cn(-c2cc(N)c(F)cc2CO)c2c(Cl)c(N3CC(CN(C)C)C3)c(F)c(C)c2c1=O. The van der Waals surface area contributed by atoms with E-state index >= 15 is 4.39 Å². The second kappa shape index (κ2) is 10.3. The van der Waals surface area contributed by atoms with Crippen LogP contribution >= 0.6 is 11.6 Å². The number of esters is 1. The number of nitrogens with two attached hydrogens (primary N) is 1. The molecule has 198 valence electrons. The molecule has 4 rings (SSSR count). The average molecular weight is 535 g/mol. The third-order valence-corrected chi connectivity index (χ3v) is 6.91. The van der Waals surface area contributed by atoms with E-state index < -0.39 is 29.6 Å². The minimum atomic E-state index is -0.905. The van der Waals surface area contributed by atoms with Gasteiger partial charge < -0.3 is 29.9 Å². The maximum Gasteiger partial charge on any atom is 0.343 e. The van der Waals surface area contributed by atoms with Gasteiger partial charge in [0.2, 0.25) is 5.43 Å². The molecule has 2 heterocycles. The lowest BCUT2D eigenvalue weighted by Crippen LogP contribution is -2.51. The van der Waals surface area contributed by atoms with Gasteiger partial charge in [-0.25, -0.2) is 13.6 Å². The highest BCUT2D eigenvalue weighted by atomic mass is 35.5. The maximum absolute atomic E-state index is 15.8. The molecule has 3 aromatic rings. The lowest BCUT2D eigenvalue weighted by atomic mass is 9.96. The minimum absolute atomic E-state index is 0.0102. The Bertz CT molecular complexity index is 1450. The Balaban J connectivity index is 2.06. The number of nitrogen functional groups attached to an aromatic ring is 1. The number of anilines is 2. The van der Waals surface area contributed by atoms with Crippen molar-refractivity contribution < 1.29 is 23.4 Å². The Morgan fingerprint density at radius 1 is 1.30 bits per heavy atom. The molecule has 0 spiro atoms. The first-order valence-corrected chi connectivity index (χ1v) is 12.2. The van der Waals surface area contributed by atoms with Crippen LogP contribution in [0.4, 0.5) is 20.2 Å². The number of fused-ring (bicyclic) bond motifs is 1. The molecule has 11 heteroatoms. The summed E-state index contributed by atoms with van der Waals surface area (Å²) in [4.78, 5) is 30.0. The van der Waals surface area contributed by atoms with Crippen molar-refractivity contribution in [2.24, 2.45) is 5.92 Å². The van der Waals surface area contributed by atoms with Crippen LogP contribution in [0.5, 0.6) is 0 Å². The molecule has 1 aromatic heterocycles. The number of nitrogens with zero attached hydrogens (tertiary/aromatic N) is 3. The van der Waals surface area contributed by atoms with Gasteiger partial charge in [0.25, 0.3) is 0 Å². The summed E-state index contributed by atoms with van der Waals surface area (Å²) in [5.41, 5.74) is 5.08. The molecule has 0 saturated carbocycles. The summed E-state index contributed by atoms with van der Waals surface area (Å²) >= 11 is 6.83. The first-order valence-electron chi connectivity index (χ1n) is 11.8. The summed E-state index contributed by atoms with van der Waals surface area (Å²) < 4.78 is 36.5. The van der Waals surface area contributed by atoms with E-state index in [1.807, 2.05) is 14.1 Å². The number of carbonyl (C=O) groups excluding carboxylic acids is 1. The Morgan fingerprint density at radius 2 is 1.97 bits per heavy atom. The summed E-state index contributed by atoms with van der Waals surface area (Å²) in [6, 6.07) is 2.33. The van der Waals surface area contributed by atoms with Gasteiger partial charge >= 0.3 is 5.97 Å². The fourth-order valence-corrected chi connectivity index (χ4v) is 5.24. The number of aromatic nitrogens is 1. The zero-order chi connectivity index (χ0) is 27.2. The second-order valence-corrected chi connectivity index (χ2v) is 9.86. The fourth-order valence-electron chi connectivity index (χ4n) is 4.85. The highest BCUT2D eigenvalue weighted by Gasteiger charge is 2.34. The van der Waals surface area contributed by atoms with Crippen LogP contribution in [-0.2, 0) is 11.3 Å². The number of aliphatic hydroxyl groups excluding tert-OH is 1. The summed E-state index contributed by atoms with van der Waals surface area (Å²) in [6.45, 7) is 4.43. The molecule has 37 heavy (non-hydrogen) atoms. The lowest BCUT2D eigenvalue weighted by Gasteiger charge is -2.43. The van der Waals surface area contributed by atoms with E-state index in [0.29, 0.717) is 19.0 Å². The van der Waals surface area contributed by atoms with Crippen LogP contribution < -0.4 is 16.1 Å². The molecule has 1 aliphatic rings. The quantitative estimate of drug-likeness (QED) is 0.353. The number of pyridine rings is 1. The maximum atomic E-state index is 15.8. The van der Waals surface area contributed by atoms with Gasteiger partial charge in [-0.3, -0.25) is 4.79 Å². The number of halogens is 3. The first-order chi connectivity index (χ1) is 17.5.